The Balaban J connectivity index is 1.80. The number of ether oxygens (including phenoxy) is 2. The maximum absolute atomic E-state index is 13.7. The number of sulfonamides is 1. The van der Waals surface area contributed by atoms with Crippen LogP contribution < -0.4 is 10.1 Å². The van der Waals surface area contributed by atoms with Crippen LogP contribution in [0.1, 0.15) is 23.2 Å². The van der Waals surface area contributed by atoms with Crippen LogP contribution in [-0.2, 0) is 19.6 Å². The molecule has 1 aliphatic rings. The summed E-state index contributed by atoms with van der Waals surface area (Å²) in [5.74, 6) is -2.33. The van der Waals surface area contributed by atoms with E-state index in [2.05, 4.69) is 5.32 Å². The summed E-state index contributed by atoms with van der Waals surface area (Å²) in [6.07, 6.45) is 0.923. The summed E-state index contributed by atoms with van der Waals surface area (Å²) in [6.45, 7) is 0.124. The lowest BCUT2D eigenvalue weighted by molar-refractivity contribution is -0.120. The number of hydrogen-bond donors (Lipinski definition) is 1. The Labute approximate surface area is 180 Å². The second kappa shape index (κ2) is 9.44. The van der Waals surface area contributed by atoms with Crippen molar-refractivity contribution in [1.82, 2.24) is 4.31 Å². The van der Waals surface area contributed by atoms with E-state index in [0.29, 0.717) is 12.8 Å². The molecular formula is C21H23FN2O6S. The van der Waals surface area contributed by atoms with Crippen LogP contribution >= 0.6 is 0 Å². The van der Waals surface area contributed by atoms with Gasteiger partial charge in [0, 0.05) is 13.1 Å². The van der Waals surface area contributed by atoms with Crippen molar-refractivity contribution < 1.29 is 31.9 Å². The zero-order valence-corrected chi connectivity index (χ0v) is 17.9. The first-order valence-corrected chi connectivity index (χ1v) is 11.0. The number of para-hydroxylation sites is 1. The van der Waals surface area contributed by atoms with Gasteiger partial charge >= 0.3 is 5.97 Å². The zero-order chi connectivity index (χ0) is 22.6. The van der Waals surface area contributed by atoms with Crippen molar-refractivity contribution in [2.24, 2.45) is 5.92 Å². The molecule has 0 unspecified atom stereocenters. The van der Waals surface area contributed by atoms with Crippen LogP contribution in [0.25, 0.3) is 0 Å². The molecule has 2 aromatic rings. The Hall–Kier alpha value is -2.98. The molecule has 0 aromatic heterocycles. The van der Waals surface area contributed by atoms with Crippen LogP contribution in [0, 0.1) is 11.7 Å². The first-order chi connectivity index (χ1) is 14.8. The van der Waals surface area contributed by atoms with Crippen LogP contribution in [0.5, 0.6) is 5.75 Å². The number of carbonyl (C=O) groups is 2. The molecule has 1 atom stereocenters. The van der Waals surface area contributed by atoms with Crippen molar-refractivity contribution in [2.45, 2.75) is 17.7 Å². The molecule has 3 rings (SSSR count). The van der Waals surface area contributed by atoms with Gasteiger partial charge in [0.25, 0.3) is 0 Å². The van der Waals surface area contributed by atoms with Gasteiger partial charge < -0.3 is 14.8 Å². The summed E-state index contributed by atoms with van der Waals surface area (Å²) < 4.78 is 50.9. The van der Waals surface area contributed by atoms with Gasteiger partial charge in [-0.1, -0.05) is 12.1 Å². The number of benzene rings is 2. The van der Waals surface area contributed by atoms with E-state index in [9.17, 15) is 22.4 Å². The highest BCUT2D eigenvalue weighted by atomic mass is 32.2. The molecule has 0 saturated carbocycles. The number of amides is 1. The molecular weight excluding hydrogens is 427 g/mol. The molecule has 0 spiro atoms. The summed E-state index contributed by atoms with van der Waals surface area (Å²) in [5.41, 5.74) is 0.481. The monoisotopic (exact) mass is 450 g/mol. The van der Waals surface area contributed by atoms with Gasteiger partial charge in [-0.25, -0.2) is 17.6 Å². The smallest absolute Gasteiger partial charge is 0.339 e. The van der Waals surface area contributed by atoms with Gasteiger partial charge in [0.2, 0.25) is 15.9 Å². The lowest BCUT2D eigenvalue weighted by Crippen LogP contribution is -2.43. The van der Waals surface area contributed by atoms with Crippen LogP contribution in [0.4, 0.5) is 10.1 Å². The lowest BCUT2D eigenvalue weighted by Gasteiger charge is -2.31. The van der Waals surface area contributed by atoms with Crippen molar-refractivity contribution >= 4 is 27.6 Å². The minimum Gasteiger partial charge on any atom is -0.495 e. The molecule has 1 fully saturated rings. The van der Waals surface area contributed by atoms with Gasteiger partial charge in [0.1, 0.15) is 16.5 Å². The SMILES string of the molecule is COC(=O)c1ccccc1NC(=O)[C@@H]1CCCN(S(=O)(=O)c2cc(F)ccc2OC)C1. The van der Waals surface area contributed by atoms with E-state index < -0.39 is 33.6 Å². The second-order valence-electron chi connectivity index (χ2n) is 7.02. The number of nitrogens with zero attached hydrogens (tertiary/aromatic N) is 1. The minimum absolute atomic E-state index is 0.0278. The number of piperidine rings is 1. The number of esters is 1. The molecule has 31 heavy (non-hydrogen) atoms. The highest BCUT2D eigenvalue weighted by Crippen LogP contribution is 2.31. The maximum atomic E-state index is 13.7. The van der Waals surface area contributed by atoms with Crippen LogP contribution in [0.2, 0.25) is 0 Å². The number of methoxy groups -OCH3 is 2. The third-order valence-corrected chi connectivity index (χ3v) is 6.97. The van der Waals surface area contributed by atoms with Crippen LogP contribution in [0.15, 0.2) is 47.4 Å². The average Bonchev–Trinajstić information content (AvgIpc) is 2.79. The van der Waals surface area contributed by atoms with Crippen LogP contribution in [-0.4, -0.2) is 51.9 Å². The van der Waals surface area contributed by atoms with Crippen molar-refractivity contribution in [3.63, 3.8) is 0 Å². The van der Waals surface area contributed by atoms with Crippen molar-refractivity contribution in [2.75, 3.05) is 32.6 Å². The first kappa shape index (κ1) is 22.7. The molecule has 10 heteroatoms. The number of halogens is 1. The largest absolute Gasteiger partial charge is 0.495 e. The number of rotatable bonds is 6. The number of nitrogens with one attached hydrogen (secondary N) is 1. The average molecular weight is 450 g/mol. The fraction of sp³-hybridized carbons (Fsp3) is 0.333. The molecule has 0 bridgehead atoms. The quantitative estimate of drug-likeness (QED) is 0.679. The topological polar surface area (TPSA) is 102 Å². The van der Waals surface area contributed by atoms with E-state index in [4.69, 9.17) is 9.47 Å². The molecule has 1 N–H and O–H groups in total. The highest BCUT2D eigenvalue weighted by Gasteiger charge is 2.35. The van der Waals surface area contributed by atoms with Gasteiger partial charge in [-0.3, -0.25) is 4.79 Å². The molecule has 2 aromatic carbocycles. The molecule has 1 aliphatic heterocycles. The van der Waals surface area contributed by atoms with Crippen LogP contribution in [0.3, 0.4) is 0 Å². The predicted octanol–water partition coefficient (Wildman–Crippen LogP) is 2.66. The van der Waals surface area contributed by atoms with Crippen molar-refractivity contribution in [3.05, 3.63) is 53.8 Å². The summed E-state index contributed by atoms with van der Waals surface area (Å²) in [4.78, 5) is 24.5. The Kier molecular flexibility index (Phi) is 6.91. The van der Waals surface area contributed by atoms with Gasteiger partial charge in [-0.15, -0.1) is 0 Å². The summed E-state index contributed by atoms with van der Waals surface area (Å²) in [6, 6.07) is 9.67. The summed E-state index contributed by atoms with van der Waals surface area (Å²) in [5, 5.41) is 2.69. The molecule has 1 amide bonds. The minimum atomic E-state index is -4.08. The Morgan fingerprint density at radius 3 is 2.61 bits per heavy atom. The molecule has 0 aliphatic carbocycles. The molecule has 1 heterocycles. The van der Waals surface area contributed by atoms with E-state index in [-0.39, 0.29) is 35.0 Å². The Morgan fingerprint density at radius 1 is 1.16 bits per heavy atom. The third-order valence-electron chi connectivity index (χ3n) is 5.09. The third kappa shape index (κ3) is 4.86. The van der Waals surface area contributed by atoms with Gasteiger partial charge in [0.05, 0.1) is 31.4 Å². The lowest BCUT2D eigenvalue weighted by atomic mass is 9.98. The number of anilines is 1. The fourth-order valence-corrected chi connectivity index (χ4v) is 5.17. The number of hydrogen-bond acceptors (Lipinski definition) is 6. The molecule has 8 nitrogen and oxygen atoms in total. The molecule has 0 radical (unpaired) electrons. The van der Waals surface area contributed by atoms with E-state index in [1.807, 2.05) is 0 Å². The highest BCUT2D eigenvalue weighted by molar-refractivity contribution is 7.89. The number of carbonyl (C=O) groups excluding carboxylic acids is 2. The normalized spacial score (nSPS) is 17.1. The van der Waals surface area contributed by atoms with Crippen molar-refractivity contribution in [1.29, 1.82) is 0 Å². The van der Waals surface area contributed by atoms with E-state index in [1.54, 1.807) is 18.2 Å². The standard InChI is InChI=1S/C21H23FN2O6S/c1-29-18-10-9-15(22)12-19(18)31(27,28)24-11-5-6-14(13-24)20(25)23-17-8-4-3-7-16(17)21(26)30-2/h3-4,7-10,12,14H,5-6,11,13H2,1-2H3,(H,23,25)/t14-/m1/s1. The maximum Gasteiger partial charge on any atom is 0.339 e. The van der Waals surface area contributed by atoms with Gasteiger partial charge in [0.15, 0.2) is 0 Å². The van der Waals surface area contributed by atoms with E-state index in [1.165, 1.54) is 26.4 Å². The molecule has 166 valence electrons. The van der Waals surface area contributed by atoms with Gasteiger partial charge in [-0.2, -0.15) is 4.31 Å². The van der Waals surface area contributed by atoms with Gasteiger partial charge in [-0.05, 0) is 43.2 Å². The Morgan fingerprint density at radius 2 is 1.90 bits per heavy atom. The van der Waals surface area contributed by atoms with E-state index >= 15 is 0 Å². The zero-order valence-electron chi connectivity index (χ0n) is 17.1. The summed E-state index contributed by atoms with van der Waals surface area (Å²) >= 11 is 0. The second-order valence-corrected chi connectivity index (χ2v) is 8.93. The van der Waals surface area contributed by atoms with E-state index in [0.717, 1.165) is 16.4 Å². The first-order valence-electron chi connectivity index (χ1n) is 9.60. The molecule has 1 saturated heterocycles. The summed E-state index contributed by atoms with van der Waals surface area (Å²) in [7, 11) is -1.53. The van der Waals surface area contributed by atoms with Crippen molar-refractivity contribution in [3.8, 4) is 5.75 Å². The predicted molar refractivity (Wildman–Crippen MR) is 111 cm³/mol. The fourth-order valence-electron chi connectivity index (χ4n) is 3.48. The Bertz CT molecular complexity index is 1090.